The normalized spacial score (nSPS) is 11.9. The van der Waals surface area contributed by atoms with Gasteiger partial charge in [0.2, 0.25) is 0 Å². The van der Waals surface area contributed by atoms with Gasteiger partial charge in [-0.25, -0.2) is 9.78 Å². The number of carbonyl (C=O) groups excluding carboxylic acids is 1. The molecule has 1 heterocycles. The average Bonchev–Trinajstić information content (AvgIpc) is 2.72. The smallest absolute Gasteiger partial charge is 0.317 e. The third-order valence-corrected chi connectivity index (χ3v) is 3.50. The zero-order valence-corrected chi connectivity index (χ0v) is 11.5. The van der Waals surface area contributed by atoms with Crippen molar-refractivity contribution in [2.45, 2.75) is 26.3 Å². The van der Waals surface area contributed by atoms with Gasteiger partial charge in [-0.05, 0) is 13.8 Å². The van der Waals surface area contributed by atoms with Gasteiger partial charge in [0.25, 0.3) is 0 Å². The zero-order chi connectivity index (χ0) is 13.7. The molecule has 0 aliphatic heterocycles. The second kappa shape index (κ2) is 6.34. The topological polar surface area (TPSA) is 82.5 Å². The van der Waals surface area contributed by atoms with Crippen molar-refractivity contribution in [3.63, 3.8) is 0 Å². The first-order valence-electron chi connectivity index (χ1n) is 5.55. The molecule has 6 nitrogen and oxygen atoms in total. The van der Waals surface area contributed by atoms with Gasteiger partial charge in [-0.15, -0.1) is 11.3 Å². The molecule has 2 N–H and O–H groups in total. The summed E-state index contributed by atoms with van der Waals surface area (Å²) in [6.45, 7) is 3.93. The number of nitrogens with one attached hydrogen (secondary N) is 1. The van der Waals surface area contributed by atoms with E-state index in [4.69, 9.17) is 5.11 Å². The summed E-state index contributed by atoms with van der Waals surface area (Å²) in [4.78, 5) is 27.8. The lowest BCUT2D eigenvalue weighted by Crippen LogP contribution is -2.39. The van der Waals surface area contributed by atoms with Gasteiger partial charge in [-0.2, -0.15) is 0 Å². The van der Waals surface area contributed by atoms with E-state index in [0.29, 0.717) is 0 Å². The van der Waals surface area contributed by atoms with Crippen LogP contribution in [0.2, 0.25) is 0 Å². The number of hydrogen-bond donors (Lipinski definition) is 2. The predicted molar refractivity (Wildman–Crippen MR) is 68.7 cm³/mol. The summed E-state index contributed by atoms with van der Waals surface area (Å²) < 4.78 is 0. The van der Waals surface area contributed by atoms with Gasteiger partial charge in [0.05, 0.1) is 12.5 Å². The molecule has 0 saturated carbocycles. The molecule has 2 amide bonds. The molecule has 1 aromatic heterocycles. The van der Waals surface area contributed by atoms with Crippen LogP contribution in [-0.4, -0.2) is 40.6 Å². The first-order chi connectivity index (χ1) is 8.40. The molecule has 0 aliphatic carbocycles. The molecule has 1 unspecified atom stereocenters. The van der Waals surface area contributed by atoms with Crippen molar-refractivity contribution in [3.8, 4) is 0 Å². The Morgan fingerprint density at radius 2 is 2.28 bits per heavy atom. The van der Waals surface area contributed by atoms with Crippen LogP contribution in [0, 0.1) is 6.92 Å². The lowest BCUT2D eigenvalue weighted by Gasteiger charge is -2.19. The van der Waals surface area contributed by atoms with Gasteiger partial charge in [-0.1, -0.05) is 0 Å². The van der Waals surface area contributed by atoms with E-state index in [0.717, 1.165) is 10.7 Å². The summed E-state index contributed by atoms with van der Waals surface area (Å²) in [6.07, 6.45) is -0.0609. The van der Waals surface area contributed by atoms with Crippen LogP contribution in [0.3, 0.4) is 0 Å². The van der Waals surface area contributed by atoms with Crippen molar-refractivity contribution in [1.29, 1.82) is 0 Å². The predicted octanol–water partition coefficient (Wildman–Crippen LogP) is 1.63. The molecule has 0 aromatic carbocycles. The minimum absolute atomic E-state index is 0.0609. The number of aliphatic carboxylic acids is 1. The van der Waals surface area contributed by atoms with Crippen molar-refractivity contribution < 1.29 is 14.7 Å². The Bertz CT molecular complexity index is 433. The molecular formula is C11H17N3O3S. The highest BCUT2D eigenvalue weighted by molar-refractivity contribution is 7.09. The standard InChI is InChI=1S/C11H17N3O3S/c1-7-6-18-10(12-7)8(2)13-11(17)14(3)5-4-9(15)16/h6,8H,4-5H2,1-3H3,(H,13,17)(H,15,16). The van der Waals surface area contributed by atoms with E-state index in [1.54, 1.807) is 7.05 Å². The number of carbonyl (C=O) groups is 2. The van der Waals surface area contributed by atoms with Crippen LogP contribution in [0.4, 0.5) is 4.79 Å². The quantitative estimate of drug-likeness (QED) is 0.852. The number of aromatic nitrogens is 1. The van der Waals surface area contributed by atoms with Crippen LogP contribution in [-0.2, 0) is 4.79 Å². The summed E-state index contributed by atoms with van der Waals surface area (Å²) in [6, 6.07) is -0.472. The van der Waals surface area contributed by atoms with Crippen LogP contribution in [0.25, 0.3) is 0 Å². The largest absolute Gasteiger partial charge is 0.481 e. The first kappa shape index (κ1) is 14.4. The van der Waals surface area contributed by atoms with Crippen molar-refractivity contribution in [2.75, 3.05) is 13.6 Å². The highest BCUT2D eigenvalue weighted by atomic mass is 32.1. The lowest BCUT2D eigenvalue weighted by atomic mass is 10.3. The van der Waals surface area contributed by atoms with Crippen molar-refractivity contribution in [2.24, 2.45) is 0 Å². The van der Waals surface area contributed by atoms with Gasteiger partial charge in [0.1, 0.15) is 5.01 Å². The number of urea groups is 1. The van der Waals surface area contributed by atoms with E-state index >= 15 is 0 Å². The summed E-state index contributed by atoms with van der Waals surface area (Å²) >= 11 is 1.49. The van der Waals surface area contributed by atoms with E-state index in [-0.39, 0.29) is 25.0 Å². The number of thiazole rings is 1. The lowest BCUT2D eigenvalue weighted by molar-refractivity contribution is -0.137. The second-order valence-corrected chi connectivity index (χ2v) is 4.95. The number of rotatable bonds is 5. The molecule has 0 radical (unpaired) electrons. The molecule has 18 heavy (non-hydrogen) atoms. The second-order valence-electron chi connectivity index (χ2n) is 4.06. The monoisotopic (exact) mass is 271 g/mol. The minimum Gasteiger partial charge on any atom is -0.481 e. The number of hydrogen-bond acceptors (Lipinski definition) is 4. The van der Waals surface area contributed by atoms with Gasteiger partial charge in [-0.3, -0.25) is 4.79 Å². The fourth-order valence-corrected chi connectivity index (χ4v) is 2.10. The molecule has 100 valence electrons. The average molecular weight is 271 g/mol. The van der Waals surface area contributed by atoms with Gasteiger partial charge >= 0.3 is 12.0 Å². The molecule has 7 heteroatoms. The maximum absolute atomic E-state index is 11.7. The third kappa shape index (κ3) is 4.33. The Morgan fingerprint density at radius 1 is 1.61 bits per heavy atom. The van der Waals surface area contributed by atoms with Gasteiger partial charge in [0.15, 0.2) is 0 Å². The molecule has 0 saturated heterocycles. The van der Waals surface area contributed by atoms with E-state index in [2.05, 4.69) is 10.3 Å². The fourth-order valence-electron chi connectivity index (χ4n) is 1.29. The molecule has 0 fully saturated rings. The molecule has 0 spiro atoms. The highest BCUT2D eigenvalue weighted by Crippen LogP contribution is 2.17. The van der Waals surface area contributed by atoms with E-state index in [1.807, 2.05) is 19.2 Å². The summed E-state index contributed by atoms with van der Waals surface area (Å²) in [5, 5.41) is 14.1. The maximum atomic E-state index is 11.7. The Morgan fingerprint density at radius 3 is 2.78 bits per heavy atom. The molecular weight excluding hydrogens is 254 g/mol. The summed E-state index contributed by atoms with van der Waals surface area (Å²) in [5.74, 6) is -0.918. The minimum atomic E-state index is -0.918. The molecule has 1 atom stereocenters. The van der Waals surface area contributed by atoms with E-state index in [1.165, 1.54) is 16.2 Å². The van der Waals surface area contributed by atoms with E-state index in [9.17, 15) is 9.59 Å². The van der Waals surface area contributed by atoms with Gasteiger partial charge in [0, 0.05) is 24.7 Å². The zero-order valence-electron chi connectivity index (χ0n) is 10.6. The molecule has 1 aromatic rings. The maximum Gasteiger partial charge on any atom is 0.317 e. The van der Waals surface area contributed by atoms with Crippen molar-refractivity contribution in [1.82, 2.24) is 15.2 Å². The Balaban J connectivity index is 2.46. The van der Waals surface area contributed by atoms with Crippen molar-refractivity contribution in [3.05, 3.63) is 16.1 Å². The number of carboxylic acids is 1. The Hall–Kier alpha value is -1.63. The van der Waals surface area contributed by atoms with Crippen LogP contribution in [0.15, 0.2) is 5.38 Å². The SMILES string of the molecule is Cc1csc(C(C)NC(=O)N(C)CCC(=O)O)n1. The highest BCUT2D eigenvalue weighted by Gasteiger charge is 2.15. The number of carboxylic acid groups (broad SMARTS) is 1. The van der Waals surface area contributed by atoms with Crippen molar-refractivity contribution >= 4 is 23.3 Å². The number of aryl methyl sites for hydroxylation is 1. The summed E-state index contributed by atoms with van der Waals surface area (Å²) in [5.41, 5.74) is 0.926. The van der Waals surface area contributed by atoms with Crippen LogP contribution in [0.1, 0.15) is 30.1 Å². The molecule has 0 aliphatic rings. The van der Waals surface area contributed by atoms with Gasteiger partial charge < -0.3 is 15.3 Å². The Labute approximate surface area is 110 Å². The number of nitrogens with zero attached hydrogens (tertiary/aromatic N) is 2. The molecule has 0 bridgehead atoms. The summed E-state index contributed by atoms with van der Waals surface area (Å²) in [7, 11) is 1.57. The fraction of sp³-hybridized carbons (Fsp3) is 0.545. The third-order valence-electron chi connectivity index (χ3n) is 2.35. The number of amides is 2. The molecule has 1 rings (SSSR count). The van der Waals surface area contributed by atoms with Crippen LogP contribution in [0.5, 0.6) is 0 Å². The Kier molecular flexibility index (Phi) is 5.08. The van der Waals surface area contributed by atoms with Crippen LogP contribution < -0.4 is 5.32 Å². The van der Waals surface area contributed by atoms with E-state index < -0.39 is 5.97 Å². The van der Waals surface area contributed by atoms with Crippen LogP contribution >= 0.6 is 11.3 Å². The first-order valence-corrected chi connectivity index (χ1v) is 6.43.